The van der Waals surface area contributed by atoms with Crippen LogP contribution in [0, 0.1) is 0 Å². The molecule has 0 aliphatic rings. The fraction of sp³-hybridized carbons (Fsp3) is 0.143. The average molecular weight is 127 g/mol. The monoisotopic (exact) mass is 127 g/mol. The molecule has 0 bridgehead atoms. The van der Waals surface area contributed by atoms with E-state index in [0.29, 0.717) is 12.0 Å². The van der Waals surface area contributed by atoms with Gasteiger partial charge < -0.3 is 5.73 Å². The molecule has 0 aromatic heterocycles. The summed E-state index contributed by atoms with van der Waals surface area (Å²) < 4.78 is 11.3. The van der Waals surface area contributed by atoms with Crippen molar-refractivity contribution in [3.8, 4) is 0 Å². The van der Waals surface area contributed by atoms with E-state index in [-0.39, 0.29) is 0 Å². The Morgan fingerprint density at radius 3 is 2.67 bits per heavy atom. The molecule has 2 N–H and O–H groups in total. The summed E-state index contributed by atoms with van der Waals surface area (Å²) in [5.74, 6) is 0. The van der Waals surface area contributed by atoms with Gasteiger partial charge in [-0.05, 0) is 25.2 Å². The van der Waals surface area contributed by atoms with Gasteiger partial charge in [0.15, 0.2) is 0 Å². The summed E-state index contributed by atoms with van der Waals surface area (Å²) in [7, 11) is 0. The summed E-state index contributed by atoms with van der Waals surface area (Å²) in [5.41, 5.74) is 5.87. The summed E-state index contributed by atoms with van der Waals surface area (Å²) in [6.45, 7) is 1.85. The van der Waals surface area contributed by atoms with Crippen LogP contribution >= 0.6 is 0 Å². The lowest BCUT2D eigenvalue weighted by Gasteiger charge is -1.84. The van der Waals surface area contributed by atoms with E-state index >= 15 is 0 Å². The van der Waals surface area contributed by atoms with Crippen LogP contribution in [0.1, 0.15) is 6.92 Å². The first-order valence-corrected chi connectivity index (χ1v) is 2.66. The molecule has 0 aliphatic heterocycles. The lowest BCUT2D eigenvalue weighted by molar-refractivity contribution is 0.721. The predicted molar refractivity (Wildman–Crippen MR) is 37.3 cm³/mol. The zero-order valence-electron chi connectivity index (χ0n) is 5.34. The molecule has 0 radical (unpaired) electrons. The molecular weight excluding hydrogens is 117 g/mol. The van der Waals surface area contributed by atoms with Crippen molar-refractivity contribution in [2.45, 2.75) is 6.92 Å². The first-order chi connectivity index (χ1) is 4.31. The molecule has 9 heavy (non-hydrogen) atoms. The van der Waals surface area contributed by atoms with Gasteiger partial charge in [-0.15, -0.1) is 0 Å². The molecule has 0 saturated carbocycles. The molecule has 0 aromatic rings. The second-order valence-corrected chi connectivity index (χ2v) is 1.49. The van der Waals surface area contributed by atoms with E-state index < -0.39 is 0 Å². The molecule has 0 fully saturated rings. The summed E-state index contributed by atoms with van der Waals surface area (Å²) in [6.07, 6.45) is 6.66. The zero-order valence-corrected chi connectivity index (χ0v) is 5.34. The second-order valence-electron chi connectivity index (χ2n) is 1.49. The molecule has 0 amide bonds. The molecule has 0 spiro atoms. The third-order valence-electron chi connectivity index (χ3n) is 0.721. The standard InChI is InChI=1S/C7H10FN/c1-2-4-7(9)5-3-6-8/h2-6H,9H2,1H3/b4-2-,6-3+,7-5+. The van der Waals surface area contributed by atoms with Crippen molar-refractivity contribution in [1.82, 2.24) is 0 Å². The predicted octanol–water partition coefficient (Wildman–Crippen LogP) is 1.89. The summed E-state index contributed by atoms with van der Waals surface area (Å²) in [6, 6.07) is 0. The summed E-state index contributed by atoms with van der Waals surface area (Å²) >= 11 is 0. The van der Waals surface area contributed by atoms with Gasteiger partial charge in [0.1, 0.15) is 0 Å². The average Bonchev–Trinajstić information content (AvgIpc) is 1.85. The van der Waals surface area contributed by atoms with Crippen LogP contribution in [-0.2, 0) is 0 Å². The van der Waals surface area contributed by atoms with Crippen molar-refractivity contribution in [3.05, 3.63) is 36.3 Å². The lowest BCUT2D eigenvalue weighted by atomic mass is 10.4. The van der Waals surface area contributed by atoms with Crippen molar-refractivity contribution in [2.24, 2.45) is 5.73 Å². The third kappa shape index (κ3) is 4.81. The van der Waals surface area contributed by atoms with E-state index in [0.717, 1.165) is 0 Å². The Hall–Kier alpha value is -1.05. The molecule has 0 heterocycles. The largest absolute Gasteiger partial charge is 0.399 e. The maximum Gasteiger partial charge on any atom is 0.0867 e. The molecular formula is C7H10FN. The maximum absolute atomic E-state index is 11.3. The van der Waals surface area contributed by atoms with Gasteiger partial charge in [0.2, 0.25) is 0 Å². The number of rotatable bonds is 2. The van der Waals surface area contributed by atoms with Gasteiger partial charge in [0.05, 0.1) is 6.33 Å². The normalized spacial score (nSPS) is 13.8. The number of allylic oxidation sites excluding steroid dienone is 4. The highest BCUT2D eigenvalue weighted by molar-refractivity contribution is 5.19. The van der Waals surface area contributed by atoms with Crippen molar-refractivity contribution in [3.63, 3.8) is 0 Å². The van der Waals surface area contributed by atoms with E-state index in [1.165, 1.54) is 12.2 Å². The zero-order chi connectivity index (χ0) is 7.11. The molecule has 0 atom stereocenters. The number of nitrogens with two attached hydrogens (primary N) is 1. The Labute approximate surface area is 54.4 Å². The van der Waals surface area contributed by atoms with Gasteiger partial charge in [0, 0.05) is 5.70 Å². The summed E-state index contributed by atoms with van der Waals surface area (Å²) in [5, 5.41) is 0. The van der Waals surface area contributed by atoms with Crippen molar-refractivity contribution in [2.75, 3.05) is 0 Å². The minimum Gasteiger partial charge on any atom is -0.399 e. The van der Waals surface area contributed by atoms with Crippen LogP contribution in [0.25, 0.3) is 0 Å². The van der Waals surface area contributed by atoms with Gasteiger partial charge >= 0.3 is 0 Å². The first kappa shape index (κ1) is 7.95. The topological polar surface area (TPSA) is 26.0 Å². The van der Waals surface area contributed by atoms with Gasteiger partial charge in [-0.3, -0.25) is 0 Å². The first-order valence-electron chi connectivity index (χ1n) is 2.66. The second kappa shape index (κ2) is 5.09. The minimum atomic E-state index is 0.441. The number of hydrogen-bond donors (Lipinski definition) is 1. The minimum absolute atomic E-state index is 0.441. The van der Waals surface area contributed by atoms with E-state index in [2.05, 4.69) is 0 Å². The summed E-state index contributed by atoms with van der Waals surface area (Å²) in [4.78, 5) is 0. The van der Waals surface area contributed by atoms with Gasteiger partial charge in [-0.1, -0.05) is 6.08 Å². The lowest BCUT2D eigenvalue weighted by Crippen LogP contribution is -1.90. The maximum atomic E-state index is 11.3. The highest BCUT2D eigenvalue weighted by Crippen LogP contribution is 1.87. The van der Waals surface area contributed by atoms with E-state index in [1.54, 1.807) is 12.2 Å². The molecule has 0 aliphatic carbocycles. The van der Waals surface area contributed by atoms with Crippen LogP contribution in [0.3, 0.4) is 0 Å². The Kier molecular flexibility index (Phi) is 4.50. The molecule has 1 nitrogen and oxygen atoms in total. The van der Waals surface area contributed by atoms with Crippen LogP contribution in [-0.4, -0.2) is 0 Å². The van der Waals surface area contributed by atoms with Gasteiger partial charge in [0.25, 0.3) is 0 Å². The fourth-order valence-corrected chi connectivity index (χ4v) is 0.395. The van der Waals surface area contributed by atoms with Crippen molar-refractivity contribution in [1.29, 1.82) is 0 Å². The molecule has 50 valence electrons. The number of halogens is 1. The van der Waals surface area contributed by atoms with E-state index in [4.69, 9.17) is 5.73 Å². The van der Waals surface area contributed by atoms with Crippen molar-refractivity contribution >= 4 is 0 Å². The van der Waals surface area contributed by atoms with E-state index in [1.807, 2.05) is 6.92 Å². The van der Waals surface area contributed by atoms with Crippen LogP contribution in [0.2, 0.25) is 0 Å². The van der Waals surface area contributed by atoms with Crippen LogP contribution < -0.4 is 5.73 Å². The Morgan fingerprint density at radius 2 is 2.22 bits per heavy atom. The molecule has 0 aromatic carbocycles. The van der Waals surface area contributed by atoms with Crippen LogP contribution in [0.15, 0.2) is 36.3 Å². The SMILES string of the molecule is C\C=C/C(N)=C\C=C\F. The highest BCUT2D eigenvalue weighted by Gasteiger charge is 1.73. The smallest absolute Gasteiger partial charge is 0.0867 e. The molecule has 2 heteroatoms. The third-order valence-corrected chi connectivity index (χ3v) is 0.721. The molecule has 0 unspecified atom stereocenters. The van der Waals surface area contributed by atoms with Crippen molar-refractivity contribution < 1.29 is 4.39 Å². The Bertz CT molecular complexity index is 145. The van der Waals surface area contributed by atoms with E-state index in [9.17, 15) is 4.39 Å². The van der Waals surface area contributed by atoms with Crippen LogP contribution in [0.5, 0.6) is 0 Å². The quantitative estimate of drug-likeness (QED) is 0.563. The van der Waals surface area contributed by atoms with Gasteiger partial charge in [-0.25, -0.2) is 4.39 Å². The molecule has 0 saturated heterocycles. The highest BCUT2D eigenvalue weighted by atomic mass is 19.1. The van der Waals surface area contributed by atoms with Gasteiger partial charge in [-0.2, -0.15) is 0 Å². The molecule has 0 rings (SSSR count). The Balaban J connectivity index is 3.84. The Morgan fingerprint density at radius 1 is 1.56 bits per heavy atom. The fourth-order valence-electron chi connectivity index (χ4n) is 0.395. The van der Waals surface area contributed by atoms with Crippen LogP contribution in [0.4, 0.5) is 4.39 Å². The number of hydrogen-bond acceptors (Lipinski definition) is 1.